The molecule has 0 aliphatic heterocycles. The number of hydrogen-bond donors (Lipinski definition) is 2. The van der Waals surface area contributed by atoms with Gasteiger partial charge < -0.3 is 20.1 Å². The highest BCUT2D eigenvalue weighted by Gasteiger charge is 2.34. The topological polar surface area (TPSA) is 75.1 Å². The van der Waals surface area contributed by atoms with E-state index in [9.17, 15) is 4.79 Å². The molecule has 2 amide bonds. The molecule has 1 heterocycles. The molecule has 124 valence electrons. The van der Waals surface area contributed by atoms with Gasteiger partial charge in [0, 0.05) is 19.1 Å². The SMILES string of the molecule is C[C@H](NC(=O)NCC1(N(C)C)CCCCC1)c1nncn1C. The van der Waals surface area contributed by atoms with Gasteiger partial charge in [0.1, 0.15) is 6.33 Å². The van der Waals surface area contributed by atoms with E-state index in [-0.39, 0.29) is 17.6 Å². The number of amides is 2. The molecule has 0 radical (unpaired) electrons. The van der Waals surface area contributed by atoms with Gasteiger partial charge in [0.05, 0.1) is 6.04 Å². The Morgan fingerprint density at radius 1 is 1.41 bits per heavy atom. The van der Waals surface area contributed by atoms with Crippen LogP contribution in [0.4, 0.5) is 4.79 Å². The van der Waals surface area contributed by atoms with Crippen LogP contribution in [0, 0.1) is 0 Å². The van der Waals surface area contributed by atoms with Crippen molar-refractivity contribution in [2.24, 2.45) is 7.05 Å². The van der Waals surface area contributed by atoms with Crippen molar-refractivity contribution in [3.63, 3.8) is 0 Å². The number of hydrogen-bond acceptors (Lipinski definition) is 4. The molecule has 2 N–H and O–H groups in total. The van der Waals surface area contributed by atoms with E-state index in [0.29, 0.717) is 6.54 Å². The van der Waals surface area contributed by atoms with Gasteiger partial charge in [-0.05, 0) is 33.9 Å². The van der Waals surface area contributed by atoms with Crippen molar-refractivity contribution in [3.05, 3.63) is 12.2 Å². The number of aromatic nitrogens is 3. The second-order valence-corrected chi connectivity index (χ2v) is 6.53. The summed E-state index contributed by atoms with van der Waals surface area (Å²) in [5.41, 5.74) is 0.0869. The van der Waals surface area contributed by atoms with E-state index in [0.717, 1.165) is 18.7 Å². The quantitative estimate of drug-likeness (QED) is 0.863. The molecule has 7 nitrogen and oxygen atoms in total. The van der Waals surface area contributed by atoms with Crippen molar-refractivity contribution < 1.29 is 4.79 Å². The first-order chi connectivity index (χ1) is 10.4. The highest BCUT2D eigenvalue weighted by atomic mass is 16.2. The van der Waals surface area contributed by atoms with Crippen LogP contribution in [0.15, 0.2) is 6.33 Å². The Kier molecular flexibility index (Phi) is 5.39. The van der Waals surface area contributed by atoms with Gasteiger partial charge in [-0.3, -0.25) is 0 Å². The number of aryl methyl sites for hydroxylation is 1. The van der Waals surface area contributed by atoms with E-state index in [4.69, 9.17) is 0 Å². The van der Waals surface area contributed by atoms with Gasteiger partial charge in [-0.15, -0.1) is 10.2 Å². The lowest BCUT2D eigenvalue weighted by Crippen LogP contribution is -2.55. The van der Waals surface area contributed by atoms with Crippen LogP contribution < -0.4 is 10.6 Å². The van der Waals surface area contributed by atoms with E-state index >= 15 is 0 Å². The van der Waals surface area contributed by atoms with Gasteiger partial charge in [0.2, 0.25) is 0 Å². The average Bonchev–Trinajstić information content (AvgIpc) is 2.92. The molecule has 2 rings (SSSR count). The zero-order chi connectivity index (χ0) is 16.2. The molecule has 1 aliphatic rings. The van der Waals surface area contributed by atoms with Gasteiger partial charge in [0.15, 0.2) is 5.82 Å². The standard InChI is InChI=1S/C15H28N6O/c1-12(13-19-17-11-21(13)4)18-14(22)16-10-15(20(2)3)8-6-5-7-9-15/h11-12H,5-10H2,1-4H3,(H2,16,18,22)/t12-/m0/s1. The summed E-state index contributed by atoms with van der Waals surface area (Å²) in [6, 6.07) is -0.323. The maximum Gasteiger partial charge on any atom is 0.315 e. The molecule has 0 spiro atoms. The predicted octanol–water partition coefficient (Wildman–Crippen LogP) is 1.44. The molecule has 0 bridgehead atoms. The van der Waals surface area contributed by atoms with Gasteiger partial charge >= 0.3 is 6.03 Å². The monoisotopic (exact) mass is 308 g/mol. The molecule has 22 heavy (non-hydrogen) atoms. The zero-order valence-electron chi connectivity index (χ0n) is 14.1. The largest absolute Gasteiger partial charge is 0.336 e. The van der Waals surface area contributed by atoms with Crippen LogP contribution in [0.5, 0.6) is 0 Å². The van der Waals surface area contributed by atoms with Crippen LogP contribution in [-0.2, 0) is 7.05 Å². The number of likely N-dealkylation sites (N-methyl/N-ethyl adjacent to an activating group) is 1. The average molecular weight is 308 g/mol. The Bertz CT molecular complexity index is 492. The summed E-state index contributed by atoms with van der Waals surface area (Å²) in [4.78, 5) is 14.4. The van der Waals surface area contributed by atoms with Crippen LogP contribution in [0.3, 0.4) is 0 Å². The highest BCUT2D eigenvalue weighted by molar-refractivity contribution is 5.74. The summed E-state index contributed by atoms with van der Waals surface area (Å²) in [5, 5.41) is 13.8. The second-order valence-electron chi connectivity index (χ2n) is 6.53. The number of carbonyl (C=O) groups excluding carboxylic acids is 1. The van der Waals surface area contributed by atoms with E-state index < -0.39 is 0 Å². The highest BCUT2D eigenvalue weighted by Crippen LogP contribution is 2.31. The summed E-state index contributed by atoms with van der Waals surface area (Å²) in [5.74, 6) is 0.745. The van der Waals surface area contributed by atoms with Crippen LogP contribution in [-0.4, -0.2) is 51.9 Å². The third-order valence-electron chi connectivity index (χ3n) is 4.79. The first-order valence-corrected chi connectivity index (χ1v) is 8.00. The summed E-state index contributed by atoms with van der Waals surface area (Å²) < 4.78 is 1.81. The predicted molar refractivity (Wildman–Crippen MR) is 85.5 cm³/mol. The van der Waals surface area contributed by atoms with E-state index in [2.05, 4.69) is 39.8 Å². The maximum absolute atomic E-state index is 12.2. The minimum absolute atomic E-state index is 0.0869. The molecule has 0 unspecified atom stereocenters. The summed E-state index contributed by atoms with van der Waals surface area (Å²) in [6.45, 7) is 2.59. The molecule has 7 heteroatoms. The van der Waals surface area contributed by atoms with Crippen molar-refractivity contribution in [2.75, 3.05) is 20.6 Å². The third-order valence-corrected chi connectivity index (χ3v) is 4.79. The van der Waals surface area contributed by atoms with Gasteiger partial charge in [0.25, 0.3) is 0 Å². The van der Waals surface area contributed by atoms with Crippen molar-refractivity contribution >= 4 is 6.03 Å². The normalized spacial score (nSPS) is 19.0. The zero-order valence-corrected chi connectivity index (χ0v) is 14.1. The second kappa shape index (κ2) is 7.09. The Morgan fingerprint density at radius 3 is 2.64 bits per heavy atom. The summed E-state index contributed by atoms with van der Waals surface area (Å²) in [7, 11) is 6.08. The molecule has 1 aliphatic carbocycles. The Morgan fingerprint density at radius 2 is 2.09 bits per heavy atom. The van der Waals surface area contributed by atoms with Crippen LogP contribution in [0.2, 0.25) is 0 Å². The molecule has 1 aromatic rings. The first-order valence-electron chi connectivity index (χ1n) is 8.00. The minimum atomic E-state index is -0.172. The van der Waals surface area contributed by atoms with Crippen molar-refractivity contribution in [3.8, 4) is 0 Å². The number of carbonyl (C=O) groups is 1. The fourth-order valence-electron chi connectivity index (χ4n) is 3.23. The molecular weight excluding hydrogens is 280 g/mol. The number of nitrogens with one attached hydrogen (secondary N) is 2. The molecule has 0 saturated heterocycles. The van der Waals surface area contributed by atoms with Crippen molar-refractivity contribution in [1.82, 2.24) is 30.3 Å². The van der Waals surface area contributed by atoms with Crippen LogP contribution in [0.25, 0.3) is 0 Å². The van der Waals surface area contributed by atoms with Gasteiger partial charge in [-0.25, -0.2) is 4.79 Å². The fraction of sp³-hybridized carbons (Fsp3) is 0.800. The molecule has 0 aromatic carbocycles. The fourth-order valence-corrected chi connectivity index (χ4v) is 3.23. The molecule has 1 saturated carbocycles. The van der Waals surface area contributed by atoms with Gasteiger partial charge in [-0.2, -0.15) is 0 Å². The Balaban J connectivity index is 1.87. The summed E-state index contributed by atoms with van der Waals surface area (Å²) in [6.07, 6.45) is 7.67. The number of urea groups is 1. The van der Waals surface area contributed by atoms with E-state index in [1.165, 1.54) is 19.3 Å². The van der Waals surface area contributed by atoms with Crippen molar-refractivity contribution in [1.29, 1.82) is 0 Å². The number of rotatable bonds is 5. The lowest BCUT2D eigenvalue weighted by atomic mass is 9.80. The molecule has 1 atom stereocenters. The smallest absolute Gasteiger partial charge is 0.315 e. The van der Waals surface area contributed by atoms with E-state index in [1.807, 2.05) is 18.5 Å². The van der Waals surface area contributed by atoms with E-state index in [1.54, 1.807) is 6.33 Å². The van der Waals surface area contributed by atoms with Crippen LogP contribution in [0.1, 0.15) is 50.9 Å². The van der Waals surface area contributed by atoms with Crippen molar-refractivity contribution in [2.45, 2.75) is 50.6 Å². The minimum Gasteiger partial charge on any atom is -0.336 e. The Hall–Kier alpha value is -1.63. The Labute approximate surface area is 132 Å². The molecule has 1 aromatic heterocycles. The molecule has 1 fully saturated rings. The lowest BCUT2D eigenvalue weighted by Gasteiger charge is -2.43. The maximum atomic E-state index is 12.2. The summed E-state index contributed by atoms with van der Waals surface area (Å²) >= 11 is 0. The first kappa shape index (κ1) is 16.7. The van der Waals surface area contributed by atoms with Gasteiger partial charge in [-0.1, -0.05) is 19.3 Å². The number of nitrogens with zero attached hydrogens (tertiary/aromatic N) is 4. The lowest BCUT2D eigenvalue weighted by molar-refractivity contribution is 0.100. The third kappa shape index (κ3) is 3.76. The van der Waals surface area contributed by atoms with Crippen LogP contribution >= 0.6 is 0 Å². The molecular formula is C15H28N6O.